The molecule has 15 nitrogen and oxygen atoms in total. The Morgan fingerprint density at radius 2 is 0.621 bits per heavy atom. The lowest BCUT2D eigenvalue weighted by atomic mass is 9.90. The Kier molecular flexibility index (Phi) is 25.8. The summed E-state index contributed by atoms with van der Waals surface area (Å²) < 4.78 is 93.3. The van der Waals surface area contributed by atoms with Crippen molar-refractivity contribution in [2.75, 3.05) is 13.2 Å². The van der Waals surface area contributed by atoms with Gasteiger partial charge < -0.3 is 72.0 Å². The molecule has 15 heteroatoms. The lowest BCUT2D eigenvalue weighted by Crippen LogP contribution is -2.69. The molecule has 4 fully saturated rings. The summed E-state index contributed by atoms with van der Waals surface area (Å²) >= 11 is 0. The van der Waals surface area contributed by atoms with E-state index in [0.717, 1.165) is 70.2 Å². The minimum atomic E-state index is -1.46. The van der Waals surface area contributed by atoms with Crippen LogP contribution in [0.25, 0.3) is 0 Å². The fourth-order valence-corrected chi connectivity index (χ4v) is 13.1. The molecule has 4 aliphatic rings. The van der Waals surface area contributed by atoms with Crippen LogP contribution in [0.1, 0.15) is 83.5 Å². The van der Waals surface area contributed by atoms with Crippen molar-refractivity contribution in [3.8, 4) is 0 Å². The van der Waals surface area contributed by atoms with Crippen molar-refractivity contribution in [2.45, 2.75) is 190 Å². The van der Waals surface area contributed by atoms with Gasteiger partial charge in [0.25, 0.3) is 0 Å². The molecule has 3 saturated heterocycles. The van der Waals surface area contributed by atoms with Crippen molar-refractivity contribution >= 4 is 0 Å². The number of hydrogen-bond acceptors (Lipinski definition) is 15. The van der Waals surface area contributed by atoms with E-state index in [1.54, 1.807) is 0 Å². The summed E-state index contributed by atoms with van der Waals surface area (Å²) in [6.45, 7) is 3.77. The molecule has 15 atom stereocenters. The van der Waals surface area contributed by atoms with Crippen molar-refractivity contribution < 1.29 is 66.7 Å². The molecule has 95 heavy (non-hydrogen) atoms. The Bertz CT molecular complexity index is 3380. The third kappa shape index (κ3) is 19.7. The van der Waals surface area contributed by atoms with Crippen LogP contribution in [-0.4, -0.2) is 116 Å². The quantitative estimate of drug-likeness (QED) is 0.0411. The van der Waals surface area contributed by atoms with Gasteiger partial charge in [0.15, 0.2) is 18.9 Å². The van der Waals surface area contributed by atoms with Crippen LogP contribution in [0, 0.1) is 0 Å². The Morgan fingerprint density at radius 1 is 0.326 bits per heavy atom. The summed E-state index contributed by atoms with van der Waals surface area (Å²) in [5, 5.41) is 16.4. The van der Waals surface area contributed by atoms with E-state index in [1.807, 2.05) is 218 Å². The molecular weight excluding hydrogens is 1200 g/mol. The smallest absolute Gasteiger partial charge is 0.187 e. The lowest BCUT2D eigenvalue weighted by Gasteiger charge is -2.52. The third-order valence-corrected chi connectivity index (χ3v) is 18.1. The predicted molar refractivity (Wildman–Crippen MR) is 360 cm³/mol. The molecule has 1 saturated carbocycles. The van der Waals surface area contributed by atoms with Crippen LogP contribution in [0.3, 0.4) is 0 Å². The van der Waals surface area contributed by atoms with Crippen LogP contribution in [0.15, 0.2) is 243 Å². The van der Waals surface area contributed by atoms with Gasteiger partial charge in [-0.05, 0) is 64.3 Å². The maximum absolute atomic E-state index is 12.3. The molecule has 0 amide bonds. The van der Waals surface area contributed by atoms with E-state index >= 15 is 0 Å². The monoisotopic (exact) mass is 1290 g/mol. The van der Waals surface area contributed by atoms with Gasteiger partial charge in [0.1, 0.15) is 61.0 Å². The van der Waals surface area contributed by atoms with Gasteiger partial charge in [-0.15, -0.1) is 0 Å². The molecule has 0 aromatic heterocycles. The summed E-state index contributed by atoms with van der Waals surface area (Å²) in [5.41, 5.74) is 7.58. The number of hydrogen-bond donors (Lipinski definition) is 2. The largest absolute Gasteiger partial charge is 0.374 e. The molecule has 2 N–H and O–H groups in total. The topological polar surface area (TPSA) is 152 Å². The van der Waals surface area contributed by atoms with E-state index in [4.69, 9.17) is 61.6 Å². The first-order valence-electron chi connectivity index (χ1n) is 33.8. The second-order valence-electron chi connectivity index (χ2n) is 25.1. The van der Waals surface area contributed by atoms with Gasteiger partial charge in [-0.2, -0.15) is 0 Å². The second kappa shape index (κ2) is 35.9. The molecule has 1 unspecified atom stereocenters. The van der Waals surface area contributed by atoms with Gasteiger partial charge >= 0.3 is 0 Å². The number of rotatable bonds is 32. The van der Waals surface area contributed by atoms with Crippen molar-refractivity contribution in [1.82, 2.24) is 5.32 Å². The van der Waals surface area contributed by atoms with Gasteiger partial charge in [-0.3, -0.25) is 0 Å². The SMILES string of the molecule is C[C@H]1O[C@H](O[C@H]2[C@H](OCc3ccccc3)[C@@H](OCc3ccccc3)[C@@H](O[C@H]3[C@H](OCc4ccccc4)[C@@H](OCc4ccccc4)[C@H](O)O[C@@H]3COCc3ccccc3)O[C@@H]2COCc2ccccc2)C(OCc2ccccc2)[C@@H](OCc2ccccc2)[C@@H]1NC1CCCCC1. The van der Waals surface area contributed by atoms with Gasteiger partial charge in [-0.25, -0.2) is 0 Å². The normalized spacial score (nSPS) is 27.2. The van der Waals surface area contributed by atoms with E-state index < -0.39 is 86.0 Å². The summed E-state index contributed by atoms with van der Waals surface area (Å²) in [7, 11) is 0. The molecule has 500 valence electrons. The van der Waals surface area contributed by atoms with Gasteiger partial charge in [-0.1, -0.05) is 262 Å². The maximum Gasteiger partial charge on any atom is 0.187 e. The summed E-state index contributed by atoms with van der Waals surface area (Å²) in [6, 6.07) is 80.1. The number of ether oxygens (including phenoxy) is 13. The summed E-state index contributed by atoms with van der Waals surface area (Å²) in [6.07, 6.45) is -7.96. The zero-order valence-electron chi connectivity index (χ0n) is 54.2. The van der Waals surface area contributed by atoms with Crippen molar-refractivity contribution in [1.29, 1.82) is 0 Å². The highest BCUT2D eigenvalue weighted by Gasteiger charge is 2.57. The number of nitrogens with one attached hydrogen (secondary N) is 1. The van der Waals surface area contributed by atoms with Gasteiger partial charge in [0.2, 0.25) is 0 Å². The third-order valence-electron chi connectivity index (χ3n) is 18.1. The van der Waals surface area contributed by atoms with Crippen LogP contribution >= 0.6 is 0 Å². The number of benzene rings is 8. The van der Waals surface area contributed by atoms with E-state index in [1.165, 1.54) is 6.42 Å². The standard InChI is InChI=1S/C80H91NO14/c1-57-69(81-66-45-27-10-28-46-66)72(85-49-60-33-15-4-16-34-60)76(89-53-64-41-23-8-24-42-64)79(91-57)94-71-68(56-84-48-59-31-13-3-14-32-59)93-80(77(90-54-65-43-25-9-26-44-65)74(71)87-51-62-37-19-6-20-38-62)95-70-67(55-83-47-58-29-11-2-12-30-58)92-78(82)75(88-52-63-39-21-7-22-40-63)73(70)86-50-61-35-17-5-18-36-61/h2-9,11-26,29-44,57,66-82H,10,27-28,45-56H2,1H3/t57-,67-,68-,69-,70-,71-,72+,73+,74+,75-,76?,77-,78-,79-,80-/m1/s1. The van der Waals surface area contributed by atoms with Crippen LogP contribution < -0.4 is 5.32 Å². The first-order valence-corrected chi connectivity index (χ1v) is 33.8. The second-order valence-corrected chi connectivity index (χ2v) is 25.1. The molecule has 1 aliphatic carbocycles. The maximum atomic E-state index is 12.3. The molecule has 12 rings (SSSR count). The minimum Gasteiger partial charge on any atom is -0.374 e. The fourth-order valence-electron chi connectivity index (χ4n) is 13.1. The Hall–Kier alpha value is -6.84. The first-order chi connectivity index (χ1) is 46.9. The van der Waals surface area contributed by atoms with Crippen LogP contribution in [0.2, 0.25) is 0 Å². The van der Waals surface area contributed by atoms with Crippen molar-refractivity contribution in [2.24, 2.45) is 0 Å². The van der Waals surface area contributed by atoms with Crippen LogP contribution in [-0.2, 0) is 114 Å². The fraction of sp³-hybridized carbons (Fsp3) is 0.400. The zero-order valence-corrected chi connectivity index (χ0v) is 54.2. The summed E-state index contributed by atoms with van der Waals surface area (Å²) in [4.78, 5) is 0. The van der Waals surface area contributed by atoms with Gasteiger partial charge in [0, 0.05) is 6.04 Å². The highest BCUT2D eigenvalue weighted by Crippen LogP contribution is 2.39. The Morgan fingerprint density at radius 3 is 1.00 bits per heavy atom. The molecule has 8 aromatic carbocycles. The van der Waals surface area contributed by atoms with Crippen molar-refractivity contribution in [3.05, 3.63) is 287 Å². The molecular formula is C80H91NO14. The number of aliphatic hydroxyl groups excluding tert-OH is 1. The average molecular weight is 1290 g/mol. The average Bonchev–Trinajstić information content (AvgIpc) is 0.777. The summed E-state index contributed by atoms with van der Waals surface area (Å²) in [5.74, 6) is 0. The van der Waals surface area contributed by atoms with E-state index in [9.17, 15) is 5.11 Å². The van der Waals surface area contributed by atoms with E-state index in [-0.39, 0.29) is 71.5 Å². The molecule has 0 radical (unpaired) electrons. The van der Waals surface area contributed by atoms with Crippen LogP contribution in [0.5, 0.6) is 0 Å². The highest BCUT2D eigenvalue weighted by molar-refractivity contribution is 5.20. The molecule has 0 bridgehead atoms. The predicted octanol–water partition coefficient (Wildman–Crippen LogP) is 13.2. The number of aliphatic hydroxyl groups is 1. The first kappa shape index (κ1) is 68.1. The molecule has 0 spiro atoms. The van der Waals surface area contributed by atoms with E-state index in [2.05, 4.69) is 36.5 Å². The van der Waals surface area contributed by atoms with Crippen LogP contribution in [0.4, 0.5) is 0 Å². The minimum absolute atomic E-state index is 0.00781. The van der Waals surface area contributed by atoms with E-state index in [0.29, 0.717) is 6.61 Å². The molecule has 8 aromatic rings. The lowest BCUT2D eigenvalue weighted by molar-refractivity contribution is -0.389. The van der Waals surface area contributed by atoms with Crippen molar-refractivity contribution in [3.63, 3.8) is 0 Å². The Labute approximate surface area is 559 Å². The highest BCUT2D eigenvalue weighted by atomic mass is 16.8. The van der Waals surface area contributed by atoms with Gasteiger partial charge in [0.05, 0.1) is 78.2 Å². The Balaban J connectivity index is 0.956. The molecule has 3 heterocycles. The zero-order chi connectivity index (χ0) is 64.6. The molecule has 3 aliphatic heterocycles.